The molecule has 138 valence electrons. The standard InChI is InChI=1S/C21H20FN3O2/c22-17-8-15(7-14-1-4-23-21(14)17)16-9-19-18(24-11-16)10-20(26)25(19)12-13-2-5-27-6-3-13/h1,4,7-9,11,13,23H,2-3,5-6,10,12H2. The molecule has 0 saturated carbocycles. The molecule has 0 bridgehead atoms. The maximum Gasteiger partial charge on any atom is 0.233 e. The molecular weight excluding hydrogens is 345 g/mol. The van der Waals surface area contributed by atoms with E-state index >= 15 is 0 Å². The Labute approximate surface area is 156 Å². The highest BCUT2D eigenvalue weighted by molar-refractivity contribution is 6.01. The van der Waals surface area contributed by atoms with Gasteiger partial charge in [-0.2, -0.15) is 0 Å². The Balaban J connectivity index is 1.50. The first-order chi connectivity index (χ1) is 13.2. The van der Waals surface area contributed by atoms with Crippen LogP contribution in [0.4, 0.5) is 10.1 Å². The molecule has 5 rings (SSSR count). The molecule has 4 heterocycles. The minimum absolute atomic E-state index is 0.0911. The van der Waals surface area contributed by atoms with E-state index in [9.17, 15) is 9.18 Å². The molecule has 3 aromatic rings. The highest BCUT2D eigenvalue weighted by Gasteiger charge is 2.31. The summed E-state index contributed by atoms with van der Waals surface area (Å²) in [5, 5.41) is 0.820. The number of hydrogen-bond donors (Lipinski definition) is 1. The van der Waals surface area contributed by atoms with Gasteiger partial charge < -0.3 is 14.6 Å². The number of pyridine rings is 1. The maximum atomic E-state index is 14.4. The van der Waals surface area contributed by atoms with Crippen molar-refractivity contribution in [1.29, 1.82) is 0 Å². The molecule has 2 aliphatic rings. The third-order valence-corrected chi connectivity index (χ3v) is 5.58. The fourth-order valence-corrected chi connectivity index (χ4v) is 4.06. The zero-order valence-electron chi connectivity index (χ0n) is 14.9. The number of halogens is 1. The van der Waals surface area contributed by atoms with E-state index in [2.05, 4.69) is 9.97 Å². The molecule has 1 amide bonds. The molecule has 6 heteroatoms. The Hall–Kier alpha value is -2.73. The number of aromatic amines is 1. The number of amides is 1. The Morgan fingerprint density at radius 3 is 2.93 bits per heavy atom. The van der Waals surface area contributed by atoms with Gasteiger partial charge in [0.05, 0.1) is 23.3 Å². The van der Waals surface area contributed by atoms with Crippen molar-refractivity contribution in [3.05, 3.63) is 48.2 Å². The first kappa shape index (κ1) is 16.4. The highest BCUT2D eigenvalue weighted by Crippen LogP contribution is 2.34. The number of nitrogens with zero attached hydrogens (tertiary/aromatic N) is 2. The van der Waals surface area contributed by atoms with Crippen LogP contribution in [0.25, 0.3) is 22.0 Å². The van der Waals surface area contributed by atoms with Crippen LogP contribution in [0.5, 0.6) is 0 Å². The highest BCUT2D eigenvalue weighted by atomic mass is 19.1. The van der Waals surface area contributed by atoms with Gasteiger partial charge in [0, 0.05) is 43.1 Å². The van der Waals surface area contributed by atoms with Gasteiger partial charge in [-0.15, -0.1) is 0 Å². The number of benzene rings is 1. The van der Waals surface area contributed by atoms with Gasteiger partial charge in [0.1, 0.15) is 5.82 Å². The predicted octanol–water partition coefficient (Wildman–Crippen LogP) is 3.68. The smallest absolute Gasteiger partial charge is 0.233 e. The Morgan fingerprint density at radius 2 is 2.07 bits per heavy atom. The molecule has 0 radical (unpaired) electrons. The van der Waals surface area contributed by atoms with Gasteiger partial charge in [-0.3, -0.25) is 9.78 Å². The first-order valence-corrected chi connectivity index (χ1v) is 9.33. The van der Waals surface area contributed by atoms with Crippen molar-refractivity contribution in [3.8, 4) is 11.1 Å². The molecule has 0 aliphatic carbocycles. The van der Waals surface area contributed by atoms with Crippen LogP contribution < -0.4 is 4.90 Å². The van der Waals surface area contributed by atoms with E-state index < -0.39 is 0 Å². The second-order valence-corrected chi connectivity index (χ2v) is 7.33. The number of H-pyrrole nitrogens is 1. The fourth-order valence-electron chi connectivity index (χ4n) is 4.06. The molecule has 0 spiro atoms. The summed E-state index contributed by atoms with van der Waals surface area (Å²) < 4.78 is 19.8. The number of anilines is 1. The molecule has 2 aliphatic heterocycles. The molecule has 1 fully saturated rings. The van der Waals surface area contributed by atoms with Gasteiger partial charge >= 0.3 is 0 Å². The minimum atomic E-state index is -0.289. The molecular formula is C21H20FN3O2. The van der Waals surface area contributed by atoms with E-state index in [1.807, 2.05) is 23.1 Å². The summed E-state index contributed by atoms with van der Waals surface area (Å²) in [6.07, 6.45) is 5.75. The van der Waals surface area contributed by atoms with Crippen molar-refractivity contribution >= 4 is 22.5 Å². The average molecular weight is 365 g/mol. The van der Waals surface area contributed by atoms with Gasteiger partial charge in [0.25, 0.3) is 0 Å². The number of rotatable bonds is 3. The van der Waals surface area contributed by atoms with Gasteiger partial charge in [0.15, 0.2) is 0 Å². The van der Waals surface area contributed by atoms with Gasteiger partial charge in [-0.05, 0) is 48.6 Å². The SMILES string of the molecule is O=C1Cc2ncc(-c3cc(F)c4[nH]ccc4c3)cc2N1CC1CCOCC1. The average Bonchev–Trinajstić information content (AvgIpc) is 3.27. The largest absolute Gasteiger partial charge is 0.381 e. The summed E-state index contributed by atoms with van der Waals surface area (Å²) in [6, 6.07) is 7.28. The number of aromatic nitrogens is 2. The first-order valence-electron chi connectivity index (χ1n) is 9.33. The van der Waals surface area contributed by atoms with Crippen LogP contribution in [-0.2, 0) is 16.0 Å². The number of nitrogens with one attached hydrogen (secondary N) is 1. The number of ether oxygens (including phenoxy) is 1. The van der Waals surface area contributed by atoms with Gasteiger partial charge in [0.2, 0.25) is 5.91 Å². The molecule has 0 atom stereocenters. The van der Waals surface area contributed by atoms with E-state index in [1.165, 1.54) is 6.07 Å². The summed E-state index contributed by atoms with van der Waals surface area (Å²) in [4.78, 5) is 21.8. The number of fused-ring (bicyclic) bond motifs is 2. The summed E-state index contributed by atoms with van der Waals surface area (Å²) in [5.41, 5.74) is 3.75. The van der Waals surface area contributed by atoms with Crippen LogP contribution in [-0.4, -0.2) is 35.6 Å². The second kappa shape index (κ2) is 6.46. The van der Waals surface area contributed by atoms with Crippen LogP contribution in [0, 0.1) is 11.7 Å². The molecule has 2 aromatic heterocycles. The molecule has 0 unspecified atom stereocenters. The third kappa shape index (κ3) is 2.90. The number of carbonyl (C=O) groups excluding carboxylic acids is 1. The zero-order chi connectivity index (χ0) is 18.4. The third-order valence-electron chi connectivity index (χ3n) is 5.58. The lowest BCUT2D eigenvalue weighted by atomic mass is 9.99. The van der Waals surface area contributed by atoms with Crippen molar-refractivity contribution in [2.24, 2.45) is 5.92 Å². The maximum absolute atomic E-state index is 14.4. The van der Waals surface area contributed by atoms with Gasteiger partial charge in [-0.1, -0.05) is 0 Å². The van der Waals surface area contributed by atoms with Crippen molar-refractivity contribution in [2.75, 3.05) is 24.7 Å². The van der Waals surface area contributed by atoms with E-state index in [1.54, 1.807) is 12.4 Å². The number of hydrogen-bond acceptors (Lipinski definition) is 3. The normalized spacial score (nSPS) is 17.7. The zero-order valence-corrected chi connectivity index (χ0v) is 14.9. The molecule has 1 N–H and O–H groups in total. The fraction of sp³-hybridized carbons (Fsp3) is 0.333. The second-order valence-electron chi connectivity index (χ2n) is 7.33. The lowest BCUT2D eigenvalue weighted by Crippen LogP contribution is -2.34. The van der Waals surface area contributed by atoms with Crippen LogP contribution in [0.1, 0.15) is 18.5 Å². The summed E-state index contributed by atoms with van der Waals surface area (Å²) in [5.74, 6) is 0.252. The Kier molecular flexibility index (Phi) is 3.93. The van der Waals surface area contributed by atoms with E-state index in [0.717, 1.165) is 53.9 Å². The summed E-state index contributed by atoms with van der Waals surface area (Å²) in [6.45, 7) is 2.22. The van der Waals surface area contributed by atoms with Crippen molar-refractivity contribution in [1.82, 2.24) is 9.97 Å². The van der Waals surface area contributed by atoms with Crippen molar-refractivity contribution in [3.63, 3.8) is 0 Å². The van der Waals surface area contributed by atoms with Crippen molar-refractivity contribution < 1.29 is 13.9 Å². The minimum Gasteiger partial charge on any atom is -0.381 e. The number of carbonyl (C=O) groups is 1. The lowest BCUT2D eigenvalue weighted by molar-refractivity contribution is -0.117. The van der Waals surface area contributed by atoms with Crippen molar-refractivity contribution in [2.45, 2.75) is 19.3 Å². The van der Waals surface area contributed by atoms with Crippen LogP contribution in [0.3, 0.4) is 0 Å². The quantitative estimate of drug-likeness (QED) is 0.770. The predicted molar refractivity (Wildman–Crippen MR) is 101 cm³/mol. The summed E-state index contributed by atoms with van der Waals surface area (Å²) >= 11 is 0. The Bertz CT molecular complexity index is 1020. The topological polar surface area (TPSA) is 58.2 Å². The van der Waals surface area contributed by atoms with Gasteiger partial charge in [-0.25, -0.2) is 4.39 Å². The van der Waals surface area contributed by atoms with Crippen LogP contribution >= 0.6 is 0 Å². The molecule has 1 saturated heterocycles. The molecule has 1 aromatic carbocycles. The lowest BCUT2D eigenvalue weighted by Gasteiger charge is -2.27. The van der Waals surface area contributed by atoms with E-state index in [4.69, 9.17) is 4.74 Å². The van der Waals surface area contributed by atoms with Crippen LogP contribution in [0.15, 0.2) is 36.7 Å². The van der Waals surface area contributed by atoms with Crippen LogP contribution in [0.2, 0.25) is 0 Å². The Morgan fingerprint density at radius 1 is 1.22 bits per heavy atom. The summed E-state index contributed by atoms with van der Waals surface area (Å²) in [7, 11) is 0. The monoisotopic (exact) mass is 365 g/mol. The molecule has 5 nitrogen and oxygen atoms in total. The van der Waals surface area contributed by atoms with E-state index in [-0.39, 0.29) is 11.7 Å². The van der Waals surface area contributed by atoms with E-state index in [0.29, 0.717) is 24.4 Å². The molecule has 27 heavy (non-hydrogen) atoms.